The zero-order valence-electron chi connectivity index (χ0n) is 9.51. The van der Waals surface area contributed by atoms with Gasteiger partial charge in [-0.3, -0.25) is 4.79 Å². The van der Waals surface area contributed by atoms with Crippen LogP contribution in [0.3, 0.4) is 0 Å². The molecule has 1 nitrogen and oxygen atoms in total. The molecule has 0 radical (unpaired) electrons. The van der Waals surface area contributed by atoms with Gasteiger partial charge >= 0.3 is 0 Å². The van der Waals surface area contributed by atoms with Gasteiger partial charge in [0.1, 0.15) is 0 Å². The van der Waals surface area contributed by atoms with Crippen LogP contribution >= 0.6 is 0 Å². The number of carbonyl (C=O) groups is 1. The van der Waals surface area contributed by atoms with E-state index >= 15 is 0 Å². The highest BCUT2D eigenvalue weighted by molar-refractivity contribution is 5.97. The minimum Gasteiger partial charge on any atom is -0.295 e. The Labute approximate surface area is 87.6 Å². The van der Waals surface area contributed by atoms with E-state index in [0.29, 0.717) is 11.7 Å². The van der Waals surface area contributed by atoms with Gasteiger partial charge in [-0.1, -0.05) is 39.2 Å². The number of hydrogen-bond acceptors (Lipinski definition) is 1. The lowest BCUT2D eigenvalue weighted by Crippen LogP contribution is -1.98. The van der Waals surface area contributed by atoms with E-state index in [1.54, 1.807) is 0 Å². The molecular weight excluding hydrogens is 172 g/mol. The summed E-state index contributed by atoms with van der Waals surface area (Å²) in [7, 11) is 0. The summed E-state index contributed by atoms with van der Waals surface area (Å²) in [6.45, 7) is 4.38. The summed E-state index contributed by atoms with van der Waals surface area (Å²) in [6.07, 6.45) is 10.1. The summed E-state index contributed by atoms with van der Waals surface area (Å²) in [5.41, 5.74) is 1.12. The number of carbonyl (C=O) groups excluding carboxylic acids is 1. The first-order valence-corrected chi connectivity index (χ1v) is 6.01. The van der Waals surface area contributed by atoms with Crippen molar-refractivity contribution in [1.29, 1.82) is 0 Å². The lowest BCUT2D eigenvalue weighted by atomic mass is 10.0. The highest BCUT2D eigenvalue weighted by Crippen LogP contribution is 2.28. The second-order valence-corrected chi connectivity index (χ2v) is 4.33. The number of unbranched alkanes of at least 4 members (excludes halogenated alkanes) is 2. The van der Waals surface area contributed by atoms with Crippen LogP contribution in [0.4, 0.5) is 0 Å². The number of Topliss-reactive ketones (excluding diaryl/α,β-unsaturated/α-hetero) is 1. The minimum absolute atomic E-state index is 0.416. The Morgan fingerprint density at radius 3 is 2.64 bits per heavy atom. The van der Waals surface area contributed by atoms with E-state index in [1.165, 1.54) is 25.7 Å². The molecule has 80 valence electrons. The Bertz CT molecular complexity index is 215. The summed E-state index contributed by atoms with van der Waals surface area (Å²) >= 11 is 0. The first kappa shape index (κ1) is 11.5. The zero-order valence-corrected chi connectivity index (χ0v) is 9.51. The van der Waals surface area contributed by atoms with Gasteiger partial charge < -0.3 is 0 Å². The summed E-state index contributed by atoms with van der Waals surface area (Å²) in [6, 6.07) is 0. The second kappa shape index (κ2) is 6.00. The van der Waals surface area contributed by atoms with Crippen LogP contribution in [0.5, 0.6) is 0 Å². The van der Waals surface area contributed by atoms with Crippen LogP contribution in [0, 0.1) is 5.92 Å². The predicted molar refractivity (Wildman–Crippen MR) is 60.2 cm³/mol. The van der Waals surface area contributed by atoms with Crippen molar-refractivity contribution in [2.45, 2.75) is 58.8 Å². The Kier molecular flexibility index (Phi) is 4.92. The van der Waals surface area contributed by atoms with Crippen LogP contribution in [0.25, 0.3) is 0 Å². The van der Waals surface area contributed by atoms with E-state index in [4.69, 9.17) is 0 Å². The third-order valence-electron chi connectivity index (χ3n) is 2.97. The van der Waals surface area contributed by atoms with Crippen molar-refractivity contribution in [1.82, 2.24) is 0 Å². The fraction of sp³-hybridized carbons (Fsp3) is 0.769. The Morgan fingerprint density at radius 1 is 1.29 bits per heavy atom. The molecule has 14 heavy (non-hydrogen) atoms. The Hall–Kier alpha value is -0.590. The van der Waals surface area contributed by atoms with Gasteiger partial charge in [0.25, 0.3) is 0 Å². The molecule has 0 unspecified atom stereocenters. The van der Waals surface area contributed by atoms with Gasteiger partial charge in [0.15, 0.2) is 5.78 Å². The minimum atomic E-state index is 0.416. The summed E-state index contributed by atoms with van der Waals surface area (Å²) in [4.78, 5) is 11.6. The summed E-state index contributed by atoms with van der Waals surface area (Å²) < 4.78 is 0. The molecule has 1 heteroatoms. The maximum Gasteiger partial charge on any atom is 0.159 e. The van der Waals surface area contributed by atoms with Crippen molar-refractivity contribution in [2.24, 2.45) is 5.92 Å². The van der Waals surface area contributed by atoms with Crippen molar-refractivity contribution in [3.05, 3.63) is 11.6 Å². The molecular formula is C13H22O. The molecule has 1 aliphatic rings. The van der Waals surface area contributed by atoms with Crippen molar-refractivity contribution in [3.8, 4) is 0 Å². The molecule has 0 saturated heterocycles. The first-order valence-electron chi connectivity index (χ1n) is 6.01. The number of allylic oxidation sites excluding steroid dienone is 2. The molecule has 1 atom stereocenters. The van der Waals surface area contributed by atoms with Gasteiger partial charge in [-0.25, -0.2) is 0 Å². The van der Waals surface area contributed by atoms with Crippen LogP contribution < -0.4 is 0 Å². The van der Waals surface area contributed by atoms with E-state index < -0.39 is 0 Å². The number of rotatable bonds is 6. The molecule has 0 saturated carbocycles. The van der Waals surface area contributed by atoms with Gasteiger partial charge in [0, 0.05) is 6.42 Å². The van der Waals surface area contributed by atoms with Crippen LogP contribution in [0.1, 0.15) is 58.8 Å². The lowest BCUT2D eigenvalue weighted by molar-refractivity contribution is -0.115. The van der Waals surface area contributed by atoms with E-state index in [2.05, 4.69) is 19.9 Å². The molecule has 0 N–H and O–H groups in total. The zero-order chi connectivity index (χ0) is 10.4. The average Bonchev–Trinajstić information content (AvgIpc) is 2.53. The van der Waals surface area contributed by atoms with Gasteiger partial charge in [0.05, 0.1) is 0 Å². The van der Waals surface area contributed by atoms with Crippen molar-refractivity contribution < 1.29 is 4.79 Å². The van der Waals surface area contributed by atoms with Crippen molar-refractivity contribution >= 4 is 5.78 Å². The molecule has 0 heterocycles. The molecule has 0 bridgehead atoms. The monoisotopic (exact) mass is 194 g/mol. The summed E-state index contributed by atoms with van der Waals surface area (Å²) in [5, 5.41) is 0. The third kappa shape index (κ3) is 3.28. The van der Waals surface area contributed by atoms with Gasteiger partial charge in [-0.2, -0.15) is 0 Å². The predicted octanol–water partition coefficient (Wildman–Crippen LogP) is 3.88. The lowest BCUT2D eigenvalue weighted by Gasteiger charge is -2.02. The first-order chi connectivity index (χ1) is 6.77. The van der Waals surface area contributed by atoms with Crippen LogP contribution in [-0.2, 0) is 4.79 Å². The van der Waals surface area contributed by atoms with Gasteiger partial charge in [0.2, 0.25) is 0 Å². The average molecular weight is 194 g/mol. The van der Waals surface area contributed by atoms with E-state index in [0.717, 1.165) is 24.8 Å². The van der Waals surface area contributed by atoms with Gasteiger partial charge in [-0.05, 0) is 30.8 Å². The smallest absolute Gasteiger partial charge is 0.159 e. The molecule has 0 amide bonds. The highest BCUT2D eigenvalue weighted by atomic mass is 16.1. The fourth-order valence-corrected chi connectivity index (χ4v) is 2.05. The topological polar surface area (TPSA) is 17.1 Å². The van der Waals surface area contributed by atoms with Crippen LogP contribution in [-0.4, -0.2) is 5.78 Å². The van der Waals surface area contributed by atoms with Gasteiger partial charge in [-0.15, -0.1) is 0 Å². The second-order valence-electron chi connectivity index (χ2n) is 4.33. The molecule has 0 fully saturated rings. The molecule has 0 spiro atoms. The van der Waals surface area contributed by atoms with E-state index in [9.17, 15) is 4.79 Å². The summed E-state index contributed by atoms with van der Waals surface area (Å²) in [5.74, 6) is 0.980. The van der Waals surface area contributed by atoms with E-state index in [1.807, 2.05) is 0 Å². The molecule has 0 aliphatic heterocycles. The van der Waals surface area contributed by atoms with E-state index in [-0.39, 0.29) is 0 Å². The number of ketones is 1. The fourth-order valence-electron chi connectivity index (χ4n) is 2.05. The van der Waals surface area contributed by atoms with Crippen LogP contribution in [0.2, 0.25) is 0 Å². The SMILES string of the molecule is CCCCC1=C[C@H](CCCC)CC1=O. The number of hydrogen-bond donors (Lipinski definition) is 0. The molecule has 0 aromatic heterocycles. The normalized spacial score (nSPS) is 21.4. The Balaban J connectivity index is 2.37. The Morgan fingerprint density at radius 2 is 2.00 bits per heavy atom. The third-order valence-corrected chi connectivity index (χ3v) is 2.97. The maximum atomic E-state index is 11.6. The van der Waals surface area contributed by atoms with Crippen LogP contribution in [0.15, 0.2) is 11.6 Å². The maximum absolute atomic E-state index is 11.6. The largest absolute Gasteiger partial charge is 0.295 e. The quantitative estimate of drug-likeness (QED) is 0.627. The molecule has 0 aromatic rings. The van der Waals surface area contributed by atoms with Crippen molar-refractivity contribution in [3.63, 3.8) is 0 Å². The molecule has 1 aliphatic carbocycles. The molecule has 1 rings (SSSR count). The molecule has 0 aromatic carbocycles. The highest BCUT2D eigenvalue weighted by Gasteiger charge is 2.22. The van der Waals surface area contributed by atoms with Crippen molar-refractivity contribution in [2.75, 3.05) is 0 Å². The standard InChI is InChI=1S/C13H22O/c1-3-5-7-11-9-12(8-6-4-2)13(14)10-11/h9,11H,3-8,10H2,1-2H3/t11-/m0/s1.